The standard InChI is InChI=1S/C17H20F14O2/c1-7-9(5,6)10(18,19)15(8(2,3)4)32-14(26,17(30,31)33-15)12(22,23)11(20,21)13(24,25)16(27,28)29/h7H2,1-6H3. The van der Waals surface area contributed by atoms with Crippen molar-refractivity contribution in [2.75, 3.05) is 0 Å². The van der Waals surface area contributed by atoms with Crippen LogP contribution in [-0.4, -0.2) is 47.6 Å². The summed E-state index contributed by atoms with van der Waals surface area (Å²) in [7, 11) is 0. The van der Waals surface area contributed by atoms with Gasteiger partial charge in [0.15, 0.2) is 0 Å². The molecule has 1 heterocycles. The minimum Gasteiger partial charge on any atom is -0.295 e. The maximum Gasteiger partial charge on any atom is 0.460 e. The minimum absolute atomic E-state index is 0.551. The van der Waals surface area contributed by atoms with Crippen molar-refractivity contribution in [3.63, 3.8) is 0 Å². The van der Waals surface area contributed by atoms with Crippen LogP contribution in [0.4, 0.5) is 61.5 Å². The van der Waals surface area contributed by atoms with E-state index >= 15 is 8.78 Å². The van der Waals surface area contributed by atoms with E-state index in [1.165, 1.54) is 0 Å². The van der Waals surface area contributed by atoms with Gasteiger partial charge in [-0.2, -0.15) is 61.5 Å². The first-order valence-corrected chi connectivity index (χ1v) is 9.02. The van der Waals surface area contributed by atoms with Crippen LogP contribution in [-0.2, 0) is 9.47 Å². The van der Waals surface area contributed by atoms with Gasteiger partial charge in [0.25, 0.3) is 0 Å². The van der Waals surface area contributed by atoms with E-state index in [0.29, 0.717) is 34.6 Å². The molecule has 0 amide bonds. The van der Waals surface area contributed by atoms with Crippen molar-refractivity contribution in [1.29, 1.82) is 0 Å². The van der Waals surface area contributed by atoms with Crippen LogP contribution in [0.2, 0.25) is 0 Å². The number of ether oxygens (including phenoxy) is 2. The summed E-state index contributed by atoms with van der Waals surface area (Å²) in [6.07, 6.45) is -14.7. The Morgan fingerprint density at radius 1 is 0.606 bits per heavy atom. The number of rotatable bonds is 6. The lowest BCUT2D eigenvalue weighted by Crippen LogP contribution is -2.71. The van der Waals surface area contributed by atoms with Crippen LogP contribution < -0.4 is 0 Å². The fourth-order valence-electron chi connectivity index (χ4n) is 2.92. The third-order valence-corrected chi connectivity index (χ3v) is 5.61. The molecule has 1 aliphatic heterocycles. The van der Waals surface area contributed by atoms with Crippen molar-refractivity contribution in [1.82, 2.24) is 0 Å². The molecule has 0 spiro atoms. The van der Waals surface area contributed by atoms with Gasteiger partial charge in [-0.1, -0.05) is 41.5 Å². The second kappa shape index (κ2) is 7.23. The molecule has 1 aliphatic rings. The molecule has 0 aliphatic carbocycles. The molecule has 1 rings (SSSR count). The van der Waals surface area contributed by atoms with Gasteiger partial charge >= 0.3 is 41.8 Å². The van der Waals surface area contributed by atoms with Gasteiger partial charge in [-0.15, -0.1) is 0 Å². The van der Waals surface area contributed by atoms with E-state index < -0.39 is 64.9 Å². The molecule has 16 heteroatoms. The van der Waals surface area contributed by atoms with Gasteiger partial charge in [-0.05, 0) is 6.42 Å². The highest BCUT2D eigenvalue weighted by Gasteiger charge is 2.96. The van der Waals surface area contributed by atoms with Gasteiger partial charge < -0.3 is 0 Å². The molecule has 0 aromatic heterocycles. The molecule has 0 aromatic carbocycles. The topological polar surface area (TPSA) is 18.5 Å². The zero-order valence-corrected chi connectivity index (χ0v) is 17.8. The highest BCUT2D eigenvalue weighted by Crippen LogP contribution is 2.69. The van der Waals surface area contributed by atoms with Gasteiger partial charge in [0.1, 0.15) is 0 Å². The van der Waals surface area contributed by atoms with Crippen molar-refractivity contribution in [3.05, 3.63) is 0 Å². The monoisotopic (exact) mass is 522 g/mol. The van der Waals surface area contributed by atoms with Crippen molar-refractivity contribution in [2.45, 2.75) is 95.6 Å². The Bertz CT molecular complexity index is 752. The molecule has 0 bridgehead atoms. The van der Waals surface area contributed by atoms with Gasteiger partial charge in [0, 0.05) is 10.8 Å². The molecule has 198 valence electrons. The van der Waals surface area contributed by atoms with Gasteiger partial charge in [-0.3, -0.25) is 9.47 Å². The van der Waals surface area contributed by atoms with E-state index in [2.05, 4.69) is 9.47 Å². The van der Waals surface area contributed by atoms with Crippen LogP contribution in [0.25, 0.3) is 0 Å². The van der Waals surface area contributed by atoms with Gasteiger partial charge in [0.2, 0.25) is 5.79 Å². The van der Waals surface area contributed by atoms with Gasteiger partial charge in [0.05, 0.1) is 0 Å². The molecular weight excluding hydrogens is 502 g/mol. The van der Waals surface area contributed by atoms with Crippen LogP contribution in [0.5, 0.6) is 0 Å². The Labute approximate surface area is 178 Å². The van der Waals surface area contributed by atoms with E-state index in [1.54, 1.807) is 0 Å². The normalized spacial score (nSPS) is 28.4. The largest absolute Gasteiger partial charge is 0.460 e. The average molecular weight is 522 g/mol. The number of halogens is 14. The predicted octanol–water partition coefficient (Wildman–Crippen LogP) is 7.57. The number of hydrogen-bond donors (Lipinski definition) is 0. The Morgan fingerprint density at radius 3 is 1.30 bits per heavy atom. The summed E-state index contributed by atoms with van der Waals surface area (Å²) >= 11 is 0. The molecule has 33 heavy (non-hydrogen) atoms. The Morgan fingerprint density at radius 2 is 1.00 bits per heavy atom. The maximum atomic E-state index is 15.3. The summed E-state index contributed by atoms with van der Waals surface area (Å²) in [6.45, 7) is 3.98. The van der Waals surface area contributed by atoms with Crippen molar-refractivity contribution < 1.29 is 70.9 Å². The van der Waals surface area contributed by atoms with E-state index in [-0.39, 0.29) is 0 Å². The molecule has 1 saturated heterocycles. The molecule has 1 fully saturated rings. The van der Waals surface area contributed by atoms with Crippen molar-refractivity contribution in [2.24, 2.45) is 10.8 Å². The second-order valence-electron chi connectivity index (χ2n) is 9.22. The van der Waals surface area contributed by atoms with E-state index in [0.717, 1.165) is 6.92 Å². The highest BCUT2D eigenvalue weighted by molar-refractivity contribution is 5.16. The zero-order chi connectivity index (χ0) is 27.1. The van der Waals surface area contributed by atoms with Crippen LogP contribution in [0.1, 0.15) is 48.0 Å². The summed E-state index contributed by atoms with van der Waals surface area (Å²) < 4.78 is 201. The summed E-state index contributed by atoms with van der Waals surface area (Å²) in [6, 6.07) is 0. The number of alkyl halides is 14. The van der Waals surface area contributed by atoms with Gasteiger partial charge in [-0.25, -0.2) is 0 Å². The lowest BCUT2D eigenvalue weighted by atomic mass is 9.70. The summed E-state index contributed by atoms with van der Waals surface area (Å²) in [5.41, 5.74) is -5.23. The highest BCUT2D eigenvalue weighted by atomic mass is 19.4. The summed E-state index contributed by atoms with van der Waals surface area (Å²) in [5, 5.41) is 0. The molecule has 0 radical (unpaired) electrons. The summed E-state index contributed by atoms with van der Waals surface area (Å²) in [4.78, 5) is 0. The smallest absolute Gasteiger partial charge is 0.295 e. The predicted molar refractivity (Wildman–Crippen MR) is 83.1 cm³/mol. The molecule has 0 N–H and O–H groups in total. The first-order valence-electron chi connectivity index (χ1n) is 9.02. The lowest BCUT2D eigenvalue weighted by molar-refractivity contribution is -0.459. The van der Waals surface area contributed by atoms with Crippen LogP contribution in [0.15, 0.2) is 0 Å². The Kier molecular flexibility index (Phi) is 6.57. The van der Waals surface area contributed by atoms with Crippen LogP contribution >= 0.6 is 0 Å². The first kappa shape index (κ1) is 30.0. The SMILES string of the molecule is CCC(C)(C)C(F)(F)C1(C(C)(C)C)OC(F)(F)C(F)(C(F)(F)C(F)(F)C(F)(F)C(F)(F)F)O1. The molecule has 2 unspecified atom stereocenters. The zero-order valence-electron chi connectivity index (χ0n) is 17.8. The third kappa shape index (κ3) is 3.51. The summed E-state index contributed by atoms with van der Waals surface area (Å²) in [5.74, 6) is -39.8. The maximum absolute atomic E-state index is 15.3. The fourth-order valence-corrected chi connectivity index (χ4v) is 2.92. The van der Waals surface area contributed by atoms with Crippen LogP contribution in [0, 0.1) is 10.8 Å². The van der Waals surface area contributed by atoms with E-state index in [4.69, 9.17) is 0 Å². The molecule has 2 nitrogen and oxygen atoms in total. The van der Waals surface area contributed by atoms with Crippen LogP contribution in [0.3, 0.4) is 0 Å². The lowest BCUT2D eigenvalue weighted by Gasteiger charge is -2.50. The van der Waals surface area contributed by atoms with E-state index in [9.17, 15) is 52.7 Å². The quantitative estimate of drug-likeness (QED) is 0.335. The molecule has 2 atom stereocenters. The third-order valence-electron chi connectivity index (χ3n) is 5.61. The number of hydrogen-bond acceptors (Lipinski definition) is 2. The van der Waals surface area contributed by atoms with Crippen molar-refractivity contribution >= 4 is 0 Å². The molecular formula is C17H20F14O2. The Balaban J connectivity index is 3.95. The molecule has 0 saturated carbocycles. The fraction of sp³-hybridized carbons (Fsp3) is 1.00. The Hall–Kier alpha value is -1.06. The second-order valence-corrected chi connectivity index (χ2v) is 9.22. The first-order chi connectivity index (χ1) is 14.0. The minimum atomic E-state index is -7.94. The average Bonchev–Trinajstić information content (AvgIpc) is 2.82. The van der Waals surface area contributed by atoms with E-state index in [1.807, 2.05) is 0 Å². The molecule has 0 aromatic rings. The van der Waals surface area contributed by atoms with Crippen molar-refractivity contribution in [3.8, 4) is 0 Å².